The second-order valence-corrected chi connectivity index (χ2v) is 12.6. The Bertz CT molecular complexity index is 1350. The molecular formula is C27H38N6O3S. The predicted octanol–water partition coefficient (Wildman–Crippen LogP) is 3.69. The van der Waals surface area contributed by atoms with Crippen LogP contribution in [0.4, 0.5) is 5.69 Å². The summed E-state index contributed by atoms with van der Waals surface area (Å²) in [6, 6.07) is 12.4. The van der Waals surface area contributed by atoms with Crippen LogP contribution in [0, 0.1) is 5.92 Å². The summed E-state index contributed by atoms with van der Waals surface area (Å²) in [4.78, 5) is 5.19. The fourth-order valence-corrected chi connectivity index (χ4v) is 5.88. The van der Waals surface area contributed by atoms with Crippen LogP contribution in [0.25, 0.3) is 11.0 Å². The summed E-state index contributed by atoms with van der Waals surface area (Å²) in [5.74, 6) is 7.37. The predicted molar refractivity (Wildman–Crippen MR) is 147 cm³/mol. The van der Waals surface area contributed by atoms with E-state index < -0.39 is 10.0 Å². The second-order valence-electron chi connectivity index (χ2n) is 10.7. The Morgan fingerprint density at radius 1 is 1.14 bits per heavy atom. The maximum Gasteiger partial charge on any atom is 0.264 e. The first kappa shape index (κ1) is 27.0. The third-order valence-electron chi connectivity index (χ3n) is 6.77. The molecule has 200 valence electrons. The standard InChI is InChI=1S/C27H38N6O3S/c1-27(2,3)26-30-24-17-22(7-10-25(24)33(26)19-21-11-15-36-16-12-21)31(4)37(34,35)23-8-5-20(6-9-23)18-32(29)14-13-28/h5-10,13-14,17,21H,11-12,15-16,18-19,28-29H2,1-4H3/b14-13-. The van der Waals surface area contributed by atoms with Gasteiger partial charge < -0.3 is 20.0 Å². The van der Waals surface area contributed by atoms with Crippen molar-refractivity contribution in [3.8, 4) is 0 Å². The summed E-state index contributed by atoms with van der Waals surface area (Å²) in [5, 5.41) is 1.43. The Morgan fingerprint density at radius 3 is 2.43 bits per heavy atom. The van der Waals surface area contributed by atoms with Crippen molar-refractivity contribution in [3.05, 3.63) is 66.3 Å². The molecule has 0 amide bonds. The molecule has 0 saturated carbocycles. The summed E-state index contributed by atoms with van der Waals surface area (Å²) >= 11 is 0. The van der Waals surface area contributed by atoms with E-state index in [2.05, 4.69) is 25.3 Å². The minimum absolute atomic E-state index is 0.150. The largest absolute Gasteiger partial charge is 0.403 e. The molecular weight excluding hydrogens is 488 g/mol. The first-order valence-electron chi connectivity index (χ1n) is 12.6. The Balaban J connectivity index is 1.62. The number of hydrazine groups is 1. The second kappa shape index (κ2) is 10.7. The maximum atomic E-state index is 13.4. The molecule has 1 aromatic heterocycles. The molecule has 2 aromatic carbocycles. The zero-order valence-corrected chi connectivity index (χ0v) is 22.9. The zero-order chi connectivity index (χ0) is 26.8. The molecule has 1 saturated heterocycles. The van der Waals surface area contributed by atoms with E-state index in [9.17, 15) is 8.42 Å². The normalized spacial score (nSPS) is 15.5. The van der Waals surface area contributed by atoms with Crippen molar-refractivity contribution >= 4 is 26.7 Å². The van der Waals surface area contributed by atoms with Gasteiger partial charge in [-0.3, -0.25) is 4.31 Å². The summed E-state index contributed by atoms with van der Waals surface area (Å²) < 4.78 is 36.0. The first-order chi connectivity index (χ1) is 17.5. The number of nitrogens with two attached hydrogens (primary N) is 2. The molecule has 1 aliphatic heterocycles. The molecule has 0 radical (unpaired) electrons. The number of imidazole rings is 1. The van der Waals surface area contributed by atoms with Gasteiger partial charge in [0.05, 0.1) is 28.2 Å². The average molecular weight is 527 g/mol. The van der Waals surface area contributed by atoms with Gasteiger partial charge in [-0.05, 0) is 54.7 Å². The van der Waals surface area contributed by atoms with Gasteiger partial charge in [0, 0.05) is 44.6 Å². The van der Waals surface area contributed by atoms with Crippen LogP contribution < -0.4 is 15.9 Å². The minimum atomic E-state index is -3.76. The molecule has 4 N–H and O–H groups in total. The molecule has 0 spiro atoms. The van der Waals surface area contributed by atoms with Gasteiger partial charge in [0.25, 0.3) is 10.0 Å². The number of hydrogen-bond donors (Lipinski definition) is 2. The van der Waals surface area contributed by atoms with E-state index in [1.165, 1.54) is 15.5 Å². The van der Waals surface area contributed by atoms with Crippen molar-refractivity contribution in [2.24, 2.45) is 17.5 Å². The van der Waals surface area contributed by atoms with Crippen molar-refractivity contribution < 1.29 is 13.2 Å². The molecule has 9 nitrogen and oxygen atoms in total. The minimum Gasteiger partial charge on any atom is -0.403 e. The Hall–Kier alpha value is -3.08. The van der Waals surface area contributed by atoms with Crippen LogP contribution in [0.3, 0.4) is 0 Å². The van der Waals surface area contributed by atoms with E-state index in [1.807, 2.05) is 18.2 Å². The lowest BCUT2D eigenvalue weighted by molar-refractivity contribution is 0.0611. The van der Waals surface area contributed by atoms with Crippen molar-refractivity contribution in [1.29, 1.82) is 0 Å². The molecule has 0 aliphatic carbocycles. The average Bonchev–Trinajstić information content (AvgIpc) is 3.23. The molecule has 0 bridgehead atoms. The number of fused-ring (bicyclic) bond motifs is 1. The van der Waals surface area contributed by atoms with Gasteiger partial charge in [-0.15, -0.1) is 0 Å². The van der Waals surface area contributed by atoms with E-state index in [0.29, 0.717) is 18.2 Å². The number of rotatable bonds is 8. The van der Waals surface area contributed by atoms with E-state index >= 15 is 0 Å². The molecule has 0 unspecified atom stereocenters. The van der Waals surface area contributed by atoms with Crippen LogP contribution >= 0.6 is 0 Å². The fourth-order valence-electron chi connectivity index (χ4n) is 4.70. The first-order valence-corrected chi connectivity index (χ1v) is 14.0. The smallest absolute Gasteiger partial charge is 0.264 e. The zero-order valence-electron chi connectivity index (χ0n) is 22.1. The molecule has 0 atom stereocenters. The molecule has 1 aliphatic rings. The number of anilines is 1. The van der Waals surface area contributed by atoms with Crippen LogP contribution in [-0.4, -0.2) is 43.2 Å². The van der Waals surface area contributed by atoms with E-state index in [1.54, 1.807) is 37.5 Å². The lowest BCUT2D eigenvalue weighted by atomic mass is 9.94. The fraction of sp³-hybridized carbons (Fsp3) is 0.444. The van der Waals surface area contributed by atoms with Crippen molar-refractivity contribution in [1.82, 2.24) is 14.6 Å². The number of sulfonamides is 1. The molecule has 2 heterocycles. The SMILES string of the molecule is CN(c1ccc2c(c1)nc(C(C)(C)C)n2CC1CCOCC1)S(=O)(=O)c1ccc(CN(N)/C=C\N)cc1. The van der Waals surface area contributed by atoms with Gasteiger partial charge in [-0.1, -0.05) is 32.9 Å². The summed E-state index contributed by atoms with van der Waals surface area (Å²) in [7, 11) is -2.19. The lowest BCUT2D eigenvalue weighted by Crippen LogP contribution is -2.27. The van der Waals surface area contributed by atoms with Crippen LogP contribution in [0.1, 0.15) is 45.0 Å². The monoisotopic (exact) mass is 526 g/mol. The van der Waals surface area contributed by atoms with E-state index in [0.717, 1.165) is 55.0 Å². The van der Waals surface area contributed by atoms with Gasteiger partial charge in [-0.2, -0.15) is 0 Å². The molecule has 3 aromatic rings. The number of ether oxygens (including phenoxy) is 1. The van der Waals surface area contributed by atoms with Gasteiger partial charge in [0.2, 0.25) is 0 Å². The number of nitrogens with zero attached hydrogens (tertiary/aromatic N) is 4. The van der Waals surface area contributed by atoms with Crippen molar-refractivity contribution in [2.45, 2.75) is 57.0 Å². The number of benzene rings is 2. The van der Waals surface area contributed by atoms with Crippen LogP contribution in [0.5, 0.6) is 0 Å². The summed E-state index contributed by atoms with van der Waals surface area (Å²) in [6.07, 6.45) is 4.97. The highest BCUT2D eigenvalue weighted by Gasteiger charge is 2.27. The maximum absolute atomic E-state index is 13.4. The van der Waals surface area contributed by atoms with Gasteiger partial charge in [0.15, 0.2) is 0 Å². The van der Waals surface area contributed by atoms with Gasteiger partial charge in [0.1, 0.15) is 5.82 Å². The summed E-state index contributed by atoms with van der Waals surface area (Å²) in [6.45, 7) is 9.36. The number of hydrogen-bond acceptors (Lipinski definition) is 7. The van der Waals surface area contributed by atoms with Crippen LogP contribution in [0.2, 0.25) is 0 Å². The van der Waals surface area contributed by atoms with Crippen molar-refractivity contribution in [2.75, 3.05) is 24.6 Å². The lowest BCUT2D eigenvalue weighted by Gasteiger charge is -2.26. The Kier molecular flexibility index (Phi) is 7.82. The highest BCUT2D eigenvalue weighted by molar-refractivity contribution is 7.92. The van der Waals surface area contributed by atoms with Gasteiger partial charge in [-0.25, -0.2) is 19.2 Å². The van der Waals surface area contributed by atoms with E-state index in [-0.39, 0.29) is 10.3 Å². The highest BCUT2D eigenvalue weighted by atomic mass is 32.2. The summed E-state index contributed by atoms with van der Waals surface area (Å²) in [5.41, 5.74) is 8.46. The van der Waals surface area contributed by atoms with Gasteiger partial charge >= 0.3 is 0 Å². The van der Waals surface area contributed by atoms with E-state index in [4.69, 9.17) is 21.3 Å². The third kappa shape index (κ3) is 5.92. The topological polar surface area (TPSA) is 120 Å². The molecule has 4 rings (SSSR count). The quantitative estimate of drug-likeness (QED) is 0.339. The third-order valence-corrected chi connectivity index (χ3v) is 8.57. The highest BCUT2D eigenvalue weighted by Crippen LogP contribution is 2.32. The molecule has 37 heavy (non-hydrogen) atoms. The Morgan fingerprint density at radius 2 is 1.81 bits per heavy atom. The molecule has 1 fully saturated rings. The Labute approximate surface area is 219 Å². The van der Waals surface area contributed by atoms with Crippen LogP contribution in [0.15, 0.2) is 59.8 Å². The molecule has 10 heteroatoms. The van der Waals surface area contributed by atoms with Crippen molar-refractivity contribution in [3.63, 3.8) is 0 Å². The number of aromatic nitrogens is 2. The van der Waals surface area contributed by atoms with Crippen LogP contribution in [-0.2, 0) is 33.3 Å².